The van der Waals surface area contributed by atoms with Gasteiger partial charge in [0.05, 0.1) is 9.90 Å². The van der Waals surface area contributed by atoms with E-state index in [4.69, 9.17) is 17.3 Å². The van der Waals surface area contributed by atoms with Gasteiger partial charge in [-0.15, -0.1) is 11.3 Å². The second-order valence-corrected chi connectivity index (χ2v) is 6.21. The number of carbonyl (C=O) groups is 1. The van der Waals surface area contributed by atoms with Crippen molar-refractivity contribution in [1.29, 1.82) is 0 Å². The summed E-state index contributed by atoms with van der Waals surface area (Å²) < 4.78 is 14.6. The molecule has 1 heterocycles. The number of nitrogen functional groups attached to an aromatic ring is 1. The average Bonchev–Trinajstić information content (AvgIpc) is 2.79. The van der Waals surface area contributed by atoms with Crippen LogP contribution in [-0.2, 0) is 6.42 Å². The number of amides is 1. The summed E-state index contributed by atoms with van der Waals surface area (Å²) in [5, 5.41) is 2.68. The van der Waals surface area contributed by atoms with Crippen molar-refractivity contribution >= 4 is 34.5 Å². The first-order chi connectivity index (χ1) is 9.47. The Hall–Kier alpha value is -1.59. The number of nitrogens with one attached hydrogen (secondary N) is 1. The predicted molar refractivity (Wildman–Crippen MR) is 80.9 cm³/mol. The summed E-state index contributed by atoms with van der Waals surface area (Å²) in [4.78, 5) is 13.0. The molecule has 2 aromatic rings. The second kappa shape index (κ2) is 6.24. The Morgan fingerprint density at radius 1 is 1.45 bits per heavy atom. The van der Waals surface area contributed by atoms with E-state index in [0.717, 1.165) is 4.88 Å². The summed E-state index contributed by atoms with van der Waals surface area (Å²) in [5.41, 5.74) is 6.34. The zero-order chi connectivity index (χ0) is 14.7. The summed E-state index contributed by atoms with van der Waals surface area (Å²) in [5.74, 6) is -0.989. The molecule has 0 atom stereocenters. The molecular formula is C14H14ClFN2OS. The maximum Gasteiger partial charge on any atom is 0.254 e. The number of rotatable bonds is 4. The molecule has 1 aromatic heterocycles. The second-order valence-electron chi connectivity index (χ2n) is 4.41. The molecule has 0 aliphatic heterocycles. The summed E-state index contributed by atoms with van der Waals surface area (Å²) in [6.07, 6.45) is 0.659. The molecule has 3 N–H and O–H groups in total. The molecule has 0 fully saturated rings. The van der Waals surface area contributed by atoms with E-state index in [1.54, 1.807) is 6.92 Å². The van der Waals surface area contributed by atoms with Crippen LogP contribution in [0.3, 0.4) is 0 Å². The Balaban J connectivity index is 1.98. The van der Waals surface area contributed by atoms with Crippen LogP contribution < -0.4 is 11.1 Å². The van der Waals surface area contributed by atoms with Crippen LogP contribution in [0.1, 0.15) is 20.8 Å². The van der Waals surface area contributed by atoms with Crippen molar-refractivity contribution in [3.63, 3.8) is 0 Å². The van der Waals surface area contributed by atoms with E-state index in [1.165, 1.54) is 23.5 Å². The number of hydrogen-bond acceptors (Lipinski definition) is 3. The number of nitrogens with two attached hydrogens (primary N) is 1. The number of thiophene rings is 1. The summed E-state index contributed by atoms with van der Waals surface area (Å²) in [6, 6.07) is 6.56. The maximum absolute atomic E-state index is 13.9. The lowest BCUT2D eigenvalue weighted by Crippen LogP contribution is -2.26. The van der Waals surface area contributed by atoms with Crippen LogP contribution in [0.2, 0.25) is 4.34 Å². The van der Waals surface area contributed by atoms with Crippen molar-refractivity contribution < 1.29 is 9.18 Å². The van der Waals surface area contributed by atoms with E-state index in [1.807, 2.05) is 12.1 Å². The molecule has 0 aliphatic rings. The Morgan fingerprint density at radius 2 is 2.20 bits per heavy atom. The van der Waals surface area contributed by atoms with Gasteiger partial charge in [0.15, 0.2) is 0 Å². The van der Waals surface area contributed by atoms with Crippen molar-refractivity contribution in [2.24, 2.45) is 0 Å². The average molecular weight is 313 g/mol. The molecule has 0 radical (unpaired) electrons. The molecule has 20 heavy (non-hydrogen) atoms. The third-order valence-electron chi connectivity index (χ3n) is 2.81. The third-order valence-corrected chi connectivity index (χ3v) is 4.10. The SMILES string of the molecule is Cc1cc(N)cc(C(=O)NCCc2ccc(Cl)s2)c1F. The maximum atomic E-state index is 13.9. The molecule has 1 aromatic carbocycles. The van der Waals surface area contributed by atoms with Gasteiger partial charge in [-0.3, -0.25) is 4.79 Å². The van der Waals surface area contributed by atoms with E-state index in [-0.39, 0.29) is 5.56 Å². The Kier molecular flexibility index (Phi) is 4.62. The lowest BCUT2D eigenvalue weighted by atomic mass is 10.1. The molecule has 6 heteroatoms. The monoisotopic (exact) mass is 312 g/mol. The molecule has 0 aliphatic carbocycles. The van der Waals surface area contributed by atoms with E-state index < -0.39 is 11.7 Å². The molecule has 3 nitrogen and oxygen atoms in total. The van der Waals surface area contributed by atoms with Crippen molar-refractivity contribution in [2.45, 2.75) is 13.3 Å². The minimum absolute atomic E-state index is 0.0216. The van der Waals surface area contributed by atoms with Gasteiger partial charge in [-0.05, 0) is 43.2 Å². The highest BCUT2D eigenvalue weighted by Crippen LogP contribution is 2.21. The van der Waals surface area contributed by atoms with Crippen LogP contribution in [0.25, 0.3) is 0 Å². The quantitative estimate of drug-likeness (QED) is 0.850. The number of carbonyl (C=O) groups excluding carboxylic acids is 1. The van der Waals surface area contributed by atoms with Gasteiger partial charge in [-0.25, -0.2) is 4.39 Å². The Bertz CT molecular complexity index is 642. The normalized spacial score (nSPS) is 10.6. The predicted octanol–water partition coefficient (Wildman–Crippen LogP) is 3.40. The number of aryl methyl sites for hydroxylation is 1. The first kappa shape index (κ1) is 14.8. The molecule has 0 unspecified atom stereocenters. The topological polar surface area (TPSA) is 55.1 Å². The first-order valence-corrected chi connectivity index (χ1v) is 7.25. The van der Waals surface area contributed by atoms with Gasteiger partial charge in [0, 0.05) is 17.1 Å². The van der Waals surface area contributed by atoms with Crippen LogP contribution in [0.4, 0.5) is 10.1 Å². The van der Waals surface area contributed by atoms with E-state index >= 15 is 0 Å². The fourth-order valence-corrected chi connectivity index (χ4v) is 2.93. The van der Waals surface area contributed by atoms with Gasteiger partial charge < -0.3 is 11.1 Å². The van der Waals surface area contributed by atoms with E-state index in [0.29, 0.717) is 28.6 Å². The highest BCUT2D eigenvalue weighted by Gasteiger charge is 2.14. The molecule has 0 saturated heterocycles. The lowest BCUT2D eigenvalue weighted by Gasteiger charge is -2.08. The Morgan fingerprint density at radius 3 is 2.85 bits per heavy atom. The summed E-state index contributed by atoms with van der Waals surface area (Å²) in [7, 11) is 0. The zero-order valence-electron chi connectivity index (χ0n) is 10.9. The molecule has 0 spiro atoms. The smallest absolute Gasteiger partial charge is 0.254 e. The summed E-state index contributed by atoms with van der Waals surface area (Å²) in [6.45, 7) is 2.00. The van der Waals surface area contributed by atoms with Crippen molar-refractivity contribution in [3.8, 4) is 0 Å². The Labute approximate surface area is 125 Å². The molecule has 106 valence electrons. The van der Waals surface area contributed by atoms with Gasteiger partial charge in [0.1, 0.15) is 5.82 Å². The minimum Gasteiger partial charge on any atom is -0.399 e. The van der Waals surface area contributed by atoms with Crippen molar-refractivity contribution in [2.75, 3.05) is 12.3 Å². The molecule has 0 bridgehead atoms. The number of hydrogen-bond donors (Lipinski definition) is 2. The molecule has 2 rings (SSSR count). The molecule has 1 amide bonds. The zero-order valence-corrected chi connectivity index (χ0v) is 12.4. The first-order valence-electron chi connectivity index (χ1n) is 6.05. The number of halogens is 2. The van der Waals surface area contributed by atoms with Gasteiger partial charge in [-0.1, -0.05) is 11.6 Å². The number of benzene rings is 1. The fourth-order valence-electron chi connectivity index (χ4n) is 1.84. The van der Waals surface area contributed by atoms with Crippen LogP contribution in [-0.4, -0.2) is 12.5 Å². The van der Waals surface area contributed by atoms with Gasteiger partial charge >= 0.3 is 0 Å². The molecule has 0 saturated carbocycles. The minimum atomic E-state index is -0.532. The highest BCUT2D eigenvalue weighted by molar-refractivity contribution is 7.16. The van der Waals surface area contributed by atoms with Crippen molar-refractivity contribution in [1.82, 2.24) is 5.32 Å². The molecular weight excluding hydrogens is 299 g/mol. The standard InChI is InChI=1S/C14H14ClFN2OS/c1-8-6-9(17)7-11(13(8)16)14(19)18-5-4-10-2-3-12(15)20-10/h2-3,6-7H,4-5,17H2,1H3,(H,18,19). The van der Waals surface area contributed by atoms with Crippen LogP contribution in [0, 0.1) is 12.7 Å². The largest absolute Gasteiger partial charge is 0.399 e. The lowest BCUT2D eigenvalue weighted by molar-refractivity contribution is 0.0950. The van der Waals surface area contributed by atoms with Crippen LogP contribution >= 0.6 is 22.9 Å². The fraction of sp³-hybridized carbons (Fsp3) is 0.214. The summed E-state index contributed by atoms with van der Waals surface area (Å²) >= 11 is 7.28. The van der Waals surface area contributed by atoms with Gasteiger partial charge in [0.2, 0.25) is 0 Å². The van der Waals surface area contributed by atoms with Gasteiger partial charge in [0.25, 0.3) is 5.91 Å². The highest BCUT2D eigenvalue weighted by atomic mass is 35.5. The van der Waals surface area contributed by atoms with Crippen LogP contribution in [0.15, 0.2) is 24.3 Å². The van der Waals surface area contributed by atoms with Crippen LogP contribution in [0.5, 0.6) is 0 Å². The third kappa shape index (κ3) is 3.49. The van der Waals surface area contributed by atoms with Crippen molar-refractivity contribution in [3.05, 3.63) is 50.4 Å². The van der Waals surface area contributed by atoms with E-state index in [9.17, 15) is 9.18 Å². The van der Waals surface area contributed by atoms with Gasteiger partial charge in [-0.2, -0.15) is 0 Å². The number of anilines is 1. The van der Waals surface area contributed by atoms with E-state index in [2.05, 4.69) is 5.32 Å².